The first-order valence-electron chi connectivity index (χ1n) is 12.1. The summed E-state index contributed by atoms with van der Waals surface area (Å²) >= 11 is 12.2. The van der Waals surface area contributed by atoms with Crippen molar-refractivity contribution in [3.63, 3.8) is 0 Å². The van der Waals surface area contributed by atoms with E-state index >= 15 is 0 Å². The number of carboxylic acids is 1. The highest BCUT2D eigenvalue weighted by atomic mass is 35.5. The Morgan fingerprint density at radius 2 is 1.68 bits per heavy atom. The first-order chi connectivity index (χ1) is 18.3. The third-order valence-electron chi connectivity index (χ3n) is 5.44. The van der Waals surface area contributed by atoms with Gasteiger partial charge in [0.2, 0.25) is 5.88 Å². The first-order valence-corrected chi connectivity index (χ1v) is 12.9. The van der Waals surface area contributed by atoms with Crippen molar-refractivity contribution in [3.8, 4) is 23.1 Å². The molecule has 0 amide bonds. The molecule has 3 aromatic carbocycles. The van der Waals surface area contributed by atoms with Gasteiger partial charge in [-0.3, -0.25) is 4.79 Å². The molecule has 0 saturated heterocycles. The van der Waals surface area contributed by atoms with E-state index in [9.17, 15) is 9.90 Å². The van der Waals surface area contributed by atoms with Crippen LogP contribution >= 0.6 is 23.2 Å². The number of rotatable bonds is 12. The van der Waals surface area contributed by atoms with Gasteiger partial charge < -0.3 is 19.3 Å². The van der Waals surface area contributed by atoms with E-state index in [1.165, 1.54) is 0 Å². The molecule has 0 aliphatic rings. The number of aryl methyl sites for hydroxylation is 1. The molecule has 0 spiro atoms. The Balaban J connectivity index is 1.55. The highest BCUT2D eigenvalue weighted by molar-refractivity contribution is 6.35. The second kappa shape index (κ2) is 12.7. The van der Waals surface area contributed by atoms with Crippen LogP contribution in [0, 0.1) is 0 Å². The van der Waals surface area contributed by atoms with Gasteiger partial charge in [-0.1, -0.05) is 41.4 Å². The molecule has 4 aromatic rings. The molecular formula is C29H28Cl2N2O5. The molecule has 1 heterocycles. The minimum Gasteiger partial charge on any atom is -0.491 e. The lowest BCUT2D eigenvalue weighted by Crippen LogP contribution is -2.08. The largest absolute Gasteiger partial charge is 0.491 e. The molecule has 38 heavy (non-hydrogen) atoms. The van der Waals surface area contributed by atoms with Gasteiger partial charge in [0, 0.05) is 23.2 Å². The zero-order chi connectivity index (χ0) is 27.1. The fourth-order valence-electron chi connectivity index (χ4n) is 3.78. The molecule has 0 radical (unpaired) electrons. The highest BCUT2D eigenvalue weighted by Gasteiger charge is 2.14. The van der Waals surface area contributed by atoms with E-state index in [0.717, 1.165) is 16.8 Å². The second-order valence-corrected chi connectivity index (χ2v) is 9.78. The van der Waals surface area contributed by atoms with Crippen molar-refractivity contribution in [1.82, 2.24) is 9.78 Å². The monoisotopic (exact) mass is 554 g/mol. The van der Waals surface area contributed by atoms with Crippen LogP contribution in [0.1, 0.15) is 37.0 Å². The van der Waals surface area contributed by atoms with Gasteiger partial charge in [-0.05, 0) is 79.9 Å². The van der Waals surface area contributed by atoms with E-state index < -0.39 is 5.97 Å². The Bertz CT molecular complexity index is 1390. The average Bonchev–Trinajstić information content (AvgIpc) is 3.29. The number of halogens is 2. The maximum atomic E-state index is 11.2. The van der Waals surface area contributed by atoms with Crippen LogP contribution in [0.25, 0.3) is 5.69 Å². The molecule has 1 aromatic heterocycles. The minimum atomic E-state index is -0.882. The number of hydrogen-bond donors (Lipinski definition) is 1. The molecule has 0 unspecified atom stereocenters. The Hall–Kier alpha value is -3.68. The summed E-state index contributed by atoms with van der Waals surface area (Å²) in [5.74, 6) is 0.713. The van der Waals surface area contributed by atoms with E-state index in [-0.39, 0.29) is 25.7 Å². The SMILES string of the molecule is CC(C)Oc1cc(COc2ccc(Cl)cc2Cl)cc(COc2nn(-c3ccccc3)cc2CCC(=O)O)c1. The third kappa shape index (κ3) is 7.66. The summed E-state index contributed by atoms with van der Waals surface area (Å²) in [6, 6.07) is 20.4. The van der Waals surface area contributed by atoms with Crippen molar-refractivity contribution in [2.45, 2.75) is 46.0 Å². The highest BCUT2D eigenvalue weighted by Crippen LogP contribution is 2.29. The lowest BCUT2D eigenvalue weighted by Gasteiger charge is -2.15. The van der Waals surface area contributed by atoms with Crippen LogP contribution in [0.15, 0.2) is 72.9 Å². The molecule has 0 saturated carbocycles. The van der Waals surface area contributed by atoms with Crippen LogP contribution in [0.4, 0.5) is 0 Å². The summed E-state index contributed by atoms with van der Waals surface area (Å²) in [6.07, 6.45) is 2.06. The Morgan fingerprint density at radius 3 is 2.34 bits per heavy atom. The molecule has 1 N–H and O–H groups in total. The fourth-order valence-corrected chi connectivity index (χ4v) is 4.24. The van der Waals surface area contributed by atoms with E-state index in [4.69, 9.17) is 37.4 Å². The van der Waals surface area contributed by atoms with Crippen molar-refractivity contribution >= 4 is 29.2 Å². The molecular weight excluding hydrogens is 527 g/mol. The van der Waals surface area contributed by atoms with Crippen molar-refractivity contribution in [2.75, 3.05) is 0 Å². The van der Waals surface area contributed by atoms with Gasteiger partial charge in [0.15, 0.2) is 0 Å². The Kier molecular flexibility index (Phi) is 9.15. The van der Waals surface area contributed by atoms with Gasteiger partial charge in [-0.15, -0.1) is 5.10 Å². The van der Waals surface area contributed by atoms with E-state index in [2.05, 4.69) is 5.10 Å². The molecule has 4 rings (SSSR count). The number of hydrogen-bond acceptors (Lipinski definition) is 5. The number of carboxylic acid groups (broad SMARTS) is 1. The molecule has 0 bridgehead atoms. The summed E-state index contributed by atoms with van der Waals surface area (Å²) in [4.78, 5) is 11.2. The molecule has 0 aliphatic heterocycles. The van der Waals surface area contributed by atoms with Gasteiger partial charge in [0.05, 0.1) is 16.8 Å². The number of ether oxygens (including phenoxy) is 3. The zero-order valence-corrected chi connectivity index (χ0v) is 22.6. The number of carbonyl (C=O) groups is 1. The maximum absolute atomic E-state index is 11.2. The van der Waals surface area contributed by atoms with E-state index in [0.29, 0.717) is 39.4 Å². The molecule has 7 nitrogen and oxygen atoms in total. The van der Waals surface area contributed by atoms with Gasteiger partial charge in [0.1, 0.15) is 24.7 Å². The summed E-state index contributed by atoms with van der Waals surface area (Å²) in [7, 11) is 0. The van der Waals surface area contributed by atoms with Crippen molar-refractivity contribution < 1.29 is 24.1 Å². The van der Waals surface area contributed by atoms with Crippen LogP contribution in [-0.4, -0.2) is 27.0 Å². The summed E-state index contributed by atoms with van der Waals surface area (Å²) in [5.41, 5.74) is 3.29. The standard InChI is InChI=1S/C29H28Cl2N2O5/c1-19(2)38-25-13-20(17-36-27-10-9-23(30)15-26(27)31)12-21(14-25)18-37-29-22(8-11-28(34)35)16-33(32-29)24-6-4-3-5-7-24/h3-7,9-10,12-16,19H,8,11,17-18H2,1-2H3,(H,34,35). The van der Waals surface area contributed by atoms with E-state index in [1.807, 2.05) is 62.4 Å². The van der Waals surface area contributed by atoms with Crippen LogP contribution in [0.2, 0.25) is 10.0 Å². The lowest BCUT2D eigenvalue weighted by molar-refractivity contribution is -0.136. The third-order valence-corrected chi connectivity index (χ3v) is 5.97. The topological polar surface area (TPSA) is 82.8 Å². The van der Waals surface area contributed by atoms with Crippen LogP contribution in [-0.2, 0) is 24.4 Å². The van der Waals surface area contributed by atoms with Crippen molar-refractivity contribution in [1.29, 1.82) is 0 Å². The van der Waals surface area contributed by atoms with Gasteiger partial charge in [0.25, 0.3) is 0 Å². The van der Waals surface area contributed by atoms with E-state index in [1.54, 1.807) is 29.1 Å². The van der Waals surface area contributed by atoms with Crippen LogP contribution in [0.5, 0.6) is 17.4 Å². The average molecular weight is 555 g/mol. The molecule has 0 aliphatic carbocycles. The van der Waals surface area contributed by atoms with Crippen LogP contribution < -0.4 is 14.2 Å². The molecule has 198 valence electrons. The predicted octanol–water partition coefficient (Wildman–Crippen LogP) is 7.14. The summed E-state index contributed by atoms with van der Waals surface area (Å²) < 4.78 is 19.7. The first kappa shape index (κ1) is 27.4. The lowest BCUT2D eigenvalue weighted by atomic mass is 10.1. The van der Waals surface area contributed by atoms with Crippen LogP contribution in [0.3, 0.4) is 0 Å². The normalized spacial score (nSPS) is 11.0. The number of aromatic nitrogens is 2. The van der Waals surface area contributed by atoms with Gasteiger partial charge in [-0.25, -0.2) is 4.68 Å². The van der Waals surface area contributed by atoms with Gasteiger partial charge >= 0.3 is 5.97 Å². The number of para-hydroxylation sites is 1. The number of benzene rings is 3. The number of nitrogens with zero attached hydrogens (tertiary/aromatic N) is 2. The minimum absolute atomic E-state index is 0.0187. The Labute approximate surface area is 231 Å². The molecule has 0 atom stereocenters. The smallest absolute Gasteiger partial charge is 0.303 e. The summed E-state index contributed by atoms with van der Waals surface area (Å²) in [5, 5.41) is 14.7. The van der Waals surface area contributed by atoms with Crippen molar-refractivity contribution in [2.24, 2.45) is 0 Å². The Morgan fingerprint density at radius 1 is 0.974 bits per heavy atom. The molecule has 0 fully saturated rings. The zero-order valence-electron chi connectivity index (χ0n) is 21.1. The maximum Gasteiger partial charge on any atom is 0.303 e. The second-order valence-electron chi connectivity index (χ2n) is 8.94. The van der Waals surface area contributed by atoms with Gasteiger partial charge in [-0.2, -0.15) is 0 Å². The van der Waals surface area contributed by atoms with Crippen molar-refractivity contribution in [3.05, 3.63) is 99.7 Å². The predicted molar refractivity (Wildman–Crippen MR) is 147 cm³/mol. The summed E-state index contributed by atoms with van der Waals surface area (Å²) in [6.45, 7) is 4.38. The fraction of sp³-hybridized carbons (Fsp3) is 0.241. The molecule has 9 heteroatoms. The quantitative estimate of drug-likeness (QED) is 0.200. The number of aliphatic carboxylic acids is 1.